The Morgan fingerprint density at radius 1 is 1.38 bits per heavy atom. The normalized spacial score (nSPS) is 22.1. The molecule has 0 saturated carbocycles. The smallest absolute Gasteiger partial charge is 0.408 e. The lowest BCUT2D eigenvalue weighted by atomic mass is 10.2. The molecule has 7 heteroatoms. The fourth-order valence-corrected chi connectivity index (χ4v) is 2.14. The van der Waals surface area contributed by atoms with Crippen molar-refractivity contribution >= 4 is 18.0 Å². The molecule has 1 heterocycles. The highest BCUT2D eigenvalue weighted by Gasteiger charge is 2.39. The van der Waals surface area contributed by atoms with Gasteiger partial charge in [-0.2, -0.15) is 0 Å². The average molecular weight is 300 g/mol. The van der Waals surface area contributed by atoms with E-state index in [4.69, 9.17) is 9.47 Å². The molecule has 1 aliphatic rings. The zero-order valence-electron chi connectivity index (χ0n) is 13.3. The minimum absolute atomic E-state index is 0.0969. The van der Waals surface area contributed by atoms with Crippen molar-refractivity contribution in [3.05, 3.63) is 0 Å². The highest BCUT2D eigenvalue weighted by Crippen LogP contribution is 2.19. The predicted octanol–water partition coefficient (Wildman–Crippen LogP) is 1.06. The van der Waals surface area contributed by atoms with Gasteiger partial charge in [-0.3, -0.25) is 9.59 Å². The number of nitrogens with one attached hydrogen (secondary N) is 1. The molecule has 0 spiro atoms. The first-order valence-electron chi connectivity index (χ1n) is 7.09. The molecule has 0 radical (unpaired) electrons. The van der Waals surface area contributed by atoms with Crippen LogP contribution in [-0.2, 0) is 19.1 Å². The van der Waals surface area contributed by atoms with Crippen molar-refractivity contribution in [1.82, 2.24) is 10.2 Å². The summed E-state index contributed by atoms with van der Waals surface area (Å²) in [5.74, 6) is -0.739. The maximum Gasteiger partial charge on any atom is 0.408 e. The van der Waals surface area contributed by atoms with E-state index in [1.807, 2.05) is 6.92 Å². The Morgan fingerprint density at radius 3 is 2.52 bits per heavy atom. The molecule has 2 atom stereocenters. The molecule has 7 nitrogen and oxygen atoms in total. The zero-order chi connectivity index (χ0) is 16.2. The number of amides is 2. The summed E-state index contributed by atoms with van der Waals surface area (Å²) in [6.45, 7) is 8.96. The van der Waals surface area contributed by atoms with Crippen LogP contribution in [0.5, 0.6) is 0 Å². The number of hydrogen-bond donors (Lipinski definition) is 1. The molecule has 2 amide bonds. The summed E-state index contributed by atoms with van der Waals surface area (Å²) < 4.78 is 9.96. The summed E-state index contributed by atoms with van der Waals surface area (Å²) in [6, 6.07) is -0.800. The van der Waals surface area contributed by atoms with Gasteiger partial charge >= 0.3 is 12.1 Å². The molecule has 1 saturated heterocycles. The average Bonchev–Trinajstić information content (AvgIpc) is 2.54. The van der Waals surface area contributed by atoms with Crippen LogP contribution in [0.4, 0.5) is 4.79 Å². The first-order valence-corrected chi connectivity index (χ1v) is 7.09. The van der Waals surface area contributed by atoms with Crippen LogP contribution in [0.2, 0.25) is 0 Å². The first kappa shape index (κ1) is 17.3. The Kier molecular flexibility index (Phi) is 5.57. The minimum Gasteiger partial charge on any atom is -0.465 e. The molecule has 2 unspecified atom stereocenters. The molecule has 1 rings (SSSR count). The molecular weight excluding hydrogens is 276 g/mol. The number of ether oxygens (including phenoxy) is 2. The van der Waals surface area contributed by atoms with Gasteiger partial charge in [0.25, 0.3) is 0 Å². The summed E-state index contributed by atoms with van der Waals surface area (Å²) in [6.07, 6.45) is -0.191. The van der Waals surface area contributed by atoms with Gasteiger partial charge in [-0.05, 0) is 41.0 Å². The highest BCUT2D eigenvalue weighted by atomic mass is 16.6. The number of rotatable bonds is 4. The quantitative estimate of drug-likeness (QED) is 0.785. The third-order valence-electron chi connectivity index (χ3n) is 2.99. The van der Waals surface area contributed by atoms with Gasteiger partial charge in [-0.25, -0.2) is 4.79 Å². The summed E-state index contributed by atoms with van der Waals surface area (Å²) in [7, 11) is 0. The number of nitrogens with zero attached hydrogens (tertiary/aromatic N) is 1. The molecule has 1 aliphatic heterocycles. The third-order valence-corrected chi connectivity index (χ3v) is 2.99. The van der Waals surface area contributed by atoms with Gasteiger partial charge in [0.05, 0.1) is 6.61 Å². The highest BCUT2D eigenvalue weighted by molar-refractivity contribution is 5.90. The van der Waals surface area contributed by atoms with Crippen LogP contribution in [0.25, 0.3) is 0 Å². The van der Waals surface area contributed by atoms with Gasteiger partial charge in [0.15, 0.2) is 0 Å². The van der Waals surface area contributed by atoms with Crippen molar-refractivity contribution in [3.63, 3.8) is 0 Å². The number of carbonyl (C=O) groups is 3. The molecule has 21 heavy (non-hydrogen) atoms. The van der Waals surface area contributed by atoms with E-state index in [2.05, 4.69) is 5.32 Å². The van der Waals surface area contributed by atoms with Gasteiger partial charge in [-0.1, -0.05) is 0 Å². The lowest BCUT2D eigenvalue weighted by molar-refractivity contribution is -0.148. The molecule has 0 bridgehead atoms. The van der Waals surface area contributed by atoms with Crippen molar-refractivity contribution in [2.45, 2.75) is 58.7 Å². The molecular formula is C14H24N2O5. The molecule has 0 aromatic heterocycles. The summed E-state index contributed by atoms with van der Waals surface area (Å²) in [4.78, 5) is 36.8. The molecule has 0 aliphatic carbocycles. The van der Waals surface area contributed by atoms with Gasteiger partial charge in [0.1, 0.15) is 18.2 Å². The van der Waals surface area contributed by atoms with Crippen LogP contribution in [-0.4, -0.2) is 53.7 Å². The van der Waals surface area contributed by atoms with E-state index >= 15 is 0 Å². The van der Waals surface area contributed by atoms with Crippen molar-refractivity contribution in [2.75, 3.05) is 13.2 Å². The number of esters is 1. The Balaban J connectivity index is 2.58. The monoisotopic (exact) mass is 300 g/mol. The second-order valence-electron chi connectivity index (χ2n) is 6.05. The fraction of sp³-hybridized carbons (Fsp3) is 0.786. The molecule has 1 fully saturated rings. The van der Waals surface area contributed by atoms with E-state index < -0.39 is 23.7 Å². The lowest BCUT2D eigenvalue weighted by Gasteiger charge is -2.22. The van der Waals surface area contributed by atoms with Gasteiger partial charge < -0.3 is 19.7 Å². The van der Waals surface area contributed by atoms with E-state index in [0.29, 0.717) is 6.42 Å². The summed E-state index contributed by atoms with van der Waals surface area (Å²) >= 11 is 0. The molecule has 120 valence electrons. The molecule has 0 aromatic carbocycles. The number of hydrogen-bond acceptors (Lipinski definition) is 5. The molecule has 1 N–H and O–H groups in total. The zero-order valence-corrected chi connectivity index (χ0v) is 13.3. The molecule has 0 aromatic rings. The second-order valence-corrected chi connectivity index (χ2v) is 6.05. The SMILES string of the molecule is CCOC(=O)CN1C(=O)C(NC(=O)OC(C)(C)C)CC1C. The van der Waals surface area contributed by atoms with Crippen molar-refractivity contribution in [1.29, 1.82) is 0 Å². The first-order chi connectivity index (χ1) is 9.64. The lowest BCUT2D eigenvalue weighted by Crippen LogP contribution is -2.45. The Morgan fingerprint density at radius 2 is 2.00 bits per heavy atom. The Labute approximate surface area is 124 Å². The largest absolute Gasteiger partial charge is 0.465 e. The van der Waals surface area contributed by atoms with E-state index in [0.717, 1.165) is 0 Å². The Hall–Kier alpha value is -1.79. The standard InChI is InChI=1S/C14H24N2O5/c1-6-20-11(17)8-16-9(2)7-10(12(16)18)15-13(19)21-14(3,4)5/h9-10H,6-8H2,1-5H3,(H,15,19). The van der Waals surface area contributed by atoms with Crippen LogP contribution in [0, 0.1) is 0 Å². The topological polar surface area (TPSA) is 84.9 Å². The number of likely N-dealkylation sites (tertiary alicyclic amines) is 1. The minimum atomic E-state index is -0.663. The summed E-state index contributed by atoms with van der Waals surface area (Å²) in [5, 5.41) is 2.55. The predicted molar refractivity (Wildman–Crippen MR) is 75.6 cm³/mol. The van der Waals surface area contributed by atoms with Crippen LogP contribution in [0.3, 0.4) is 0 Å². The van der Waals surface area contributed by atoms with E-state index in [1.165, 1.54) is 4.90 Å². The third kappa shape index (κ3) is 5.24. The fourth-order valence-electron chi connectivity index (χ4n) is 2.14. The number of alkyl carbamates (subject to hydrolysis) is 1. The maximum absolute atomic E-state index is 12.2. The van der Waals surface area contributed by atoms with Crippen LogP contribution in [0.1, 0.15) is 41.0 Å². The van der Waals surface area contributed by atoms with E-state index in [1.54, 1.807) is 27.7 Å². The second kappa shape index (κ2) is 6.78. The van der Waals surface area contributed by atoms with Gasteiger partial charge in [0.2, 0.25) is 5.91 Å². The Bertz CT molecular complexity index is 416. The van der Waals surface area contributed by atoms with Gasteiger partial charge in [-0.15, -0.1) is 0 Å². The van der Waals surface area contributed by atoms with Crippen LogP contribution < -0.4 is 5.32 Å². The van der Waals surface area contributed by atoms with Crippen molar-refractivity contribution < 1.29 is 23.9 Å². The van der Waals surface area contributed by atoms with Crippen LogP contribution >= 0.6 is 0 Å². The summed E-state index contributed by atoms with van der Waals surface area (Å²) in [5.41, 5.74) is -0.623. The van der Waals surface area contributed by atoms with Crippen molar-refractivity contribution in [3.8, 4) is 0 Å². The maximum atomic E-state index is 12.2. The number of carbonyl (C=O) groups excluding carboxylic acids is 3. The van der Waals surface area contributed by atoms with Crippen LogP contribution in [0.15, 0.2) is 0 Å². The van der Waals surface area contributed by atoms with Crippen molar-refractivity contribution in [2.24, 2.45) is 0 Å². The van der Waals surface area contributed by atoms with E-state index in [-0.39, 0.29) is 25.1 Å². The van der Waals surface area contributed by atoms with Gasteiger partial charge in [0, 0.05) is 6.04 Å². The van der Waals surface area contributed by atoms with E-state index in [9.17, 15) is 14.4 Å².